The van der Waals surface area contributed by atoms with Crippen LogP contribution in [0, 0.1) is 6.92 Å². The molecule has 3 aromatic rings. The van der Waals surface area contributed by atoms with Gasteiger partial charge in [0.15, 0.2) is 6.04 Å². The summed E-state index contributed by atoms with van der Waals surface area (Å²) in [5.74, 6) is -0.129. The first-order valence-corrected chi connectivity index (χ1v) is 8.05. The van der Waals surface area contributed by atoms with E-state index in [0.717, 1.165) is 21.3 Å². The number of carbonyl (C=O) groups is 1. The number of aryl methyl sites for hydroxylation is 1. The van der Waals surface area contributed by atoms with Gasteiger partial charge in [-0.3, -0.25) is 9.48 Å². The molecule has 1 heterocycles. The summed E-state index contributed by atoms with van der Waals surface area (Å²) in [6.07, 6.45) is 3.47. The second-order valence-electron chi connectivity index (χ2n) is 5.25. The van der Waals surface area contributed by atoms with E-state index in [-0.39, 0.29) is 5.91 Å². The maximum absolute atomic E-state index is 12.8. The molecule has 0 spiro atoms. The normalized spacial score (nSPS) is 11.9. The van der Waals surface area contributed by atoms with Gasteiger partial charge in [-0.15, -0.1) is 0 Å². The van der Waals surface area contributed by atoms with Crippen LogP contribution in [0.1, 0.15) is 17.2 Å². The second kappa shape index (κ2) is 6.79. The van der Waals surface area contributed by atoms with Crippen molar-refractivity contribution >= 4 is 27.5 Å². The fourth-order valence-electron chi connectivity index (χ4n) is 2.37. The molecule has 4 nitrogen and oxygen atoms in total. The van der Waals surface area contributed by atoms with Gasteiger partial charge in [-0.05, 0) is 36.2 Å². The summed E-state index contributed by atoms with van der Waals surface area (Å²) in [7, 11) is 0. The molecule has 1 amide bonds. The van der Waals surface area contributed by atoms with Gasteiger partial charge in [-0.2, -0.15) is 5.10 Å². The number of hydrogen-bond donors (Lipinski definition) is 1. The highest BCUT2D eigenvalue weighted by Gasteiger charge is 2.23. The predicted octanol–water partition coefficient (Wildman–Crippen LogP) is 4.18. The number of anilines is 1. The molecule has 0 saturated carbocycles. The van der Waals surface area contributed by atoms with Gasteiger partial charge in [0.05, 0.1) is 0 Å². The van der Waals surface area contributed by atoms with Crippen LogP contribution < -0.4 is 5.32 Å². The Morgan fingerprint density at radius 3 is 2.61 bits per heavy atom. The quantitative estimate of drug-likeness (QED) is 0.749. The summed E-state index contributed by atoms with van der Waals surface area (Å²) >= 11 is 3.49. The summed E-state index contributed by atoms with van der Waals surface area (Å²) in [6.45, 7) is 2.01. The molecule has 0 fully saturated rings. The topological polar surface area (TPSA) is 46.9 Å². The fraction of sp³-hybridized carbons (Fsp3) is 0.111. The van der Waals surface area contributed by atoms with Crippen LogP contribution in [0.3, 0.4) is 0 Å². The van der Waals surface area contributed by atoms with Gasteiger partial charge in [-0.25, -0.2) is 0 Å². The lowest BCUT2D eigenvalue weighted by Crippen LogP contribution is -2.27. The standard InChI is InChI=1S/C18H16BrN3O/c1-13-8-9-15(12-16(13)19)21-18(23)17(22-11-5-10-20-22)14-6-3-2-4-7-14/h2-12,17H,1H3,(H,21,23). The molecule has 0 aliphatic carbocycles. The molecule has 0 radical (unpaired) electrons. The van der Waals surface area contributed by atoms with Crippen molar-refractivity contribution in [3.8, 4) is 0 Å². The maximum Gasteiger partial charge on any atom is 0.253 e. The highest BCUT2D eigenvalue weighted by atomic mass is 79.9. The summed E-state index contributed by atoms with van der Waals surface area (Å²) < 4.78 is 2.62. The zero-order valence-electron chi connectivity index (χ0n) is 12.6. The third-order valence-electron chi connectivity index (χ3n) is 3.59. The molecule has 1 unspecified atom stereocenters. The van der Waals surface area contributed by atoms with Crippen LogP contribution in [-0.4, -0.2) is 15.7 Å². The Kier molecular flexibility index (Phi) is 4.57. The van der Waals surface area contributed by atoms with E-state index in [1.165, 1.54) is 0 Å². The van der Waals surface area contributed by atoms with E-state index < -0.39 is 6.04 Å². The van der Waals surface area contributed by atoms with Crippen molar-refractivity contribution in [1.82, 2.24) is 9.78 Å². The lowest BCUT2D eigenvalue weighted by atomic mass is 10.1. The number of aromatic nitrogens is 2. The van der Waals surface area contributed by atoms with Crippen molar-refractivity contribution < 1.29 is 4.79 Å². The molecular weight excluding hydrogens is 354 g/mol. The van der Waals surface area contributed by atoms with Crippen LogP contribution in [-0.2, 0) is 4.79 Å². The van der Waals surface area contributed by atoms with Gasteiger partial charge in [0.25, 0.3) is 5.91 Å². The SMILES string of the molecule is Cc1ccc(NC(=O)C(c2ccccc2)n2cccn2)cc1Br. The summed E-state index contributed by atoms with van der Waals surface area (Å²) in [4.78, 5) is 12.8. The molecule has 23 heavy (non-hydrogen) atoms. The Morgan fingerprint density at radius 2 is 1.96 bits per heavy atom. The molecule has 0 aliphatic rings. The molecular formula is C18H16BrN3O. The Hall–Kier alpha value is -2.40. The number of carbonyl (C=O) groups excluding carboxylic acids is 1. The molecule has 1 atom stereocenters. The van der Waals surface area contributed by atoms with Gasteiger partial charge in [0.1, 0.15) is 0 Å². The lowest BCUT2D eigenvalue weighted by Gasteiger charge is -2.18. The minimum atomic E-state index is -0.508. The third-order valence-corrected chi connectivity index (χ3v) is 4.45. The highest BCUT2D eigenvalue weighted by molar-refractivity contribution is 9.10. The molecule has 0 aliphatic heterocycles. The number of nitrogens with one attached hydrogen (secondary N) is 1. The molecule has 2 aromatic carbocycles. The molecule has 1 N–H and O–H groups in total. The summed E-state index contributed by atoms with van der Waals surface area (Å²) in [5, 5.41) is 7.20. The molecule has 3 rings (SSSR count). The van der Waals surface area contributed by atoms with E-state index in [0.29, 0.717) is 0 Å². The van der Waals surface area contributed by atoms with Crippen molar-refractivity contribution in [3.63, 3.8) is 0 Å². The van der Waals surface area contributed by atoms with E-state index in [9.17, 15) is 4.79 Å². The molecule has 0 bridgehead atoms. The first-order chi connectivity index (χ1) is 11.1. The minimum Gasteiger partial charge on any atom is -0.324 e. The van der Waals surface area contributed by atoms with Crippen LogP contribution in [0.2, 0.25) is 0 Å². The van der Waals surface area contributed by atoms with Crippen LogP contribution in [0.15, 0.2) is 71.5 Å². The fourth-order valence-corrected chi connectivity index (χ4v) is 2.75. The van der Waals surface area contributed by atoms with Crippen molar-refractivity contribution in [3.05, 3.63) is 82.6 Å². The van der Waals surface area contributed by atoms with Crippen LogP contribution >= 0.6 is 15.9 Å². The number of hydrogen-bond acceptors (Lipinski definition) is 2. The van der Waals surface area contributed by atoms with Gasteiger partial charge in [0, 0.05) is 22.6 Å². The molecule has 0 saturated heterocycles. The van der Waals surface area contributed by atoms with Crippen molar-refractivity contribution in [1.29, 1.82) is 0 Å². The first-order valence-electron chi connectivity index (χ1n) is 7.26. The van der Waals surface area contributed by atoms with Crippen LogP contribution in [0.5, 0.6) is 0 Å². The number of benzene rings is 2. The first kappa shape index (κ1) is 15.5. The average molecular weight is 370 g/mol. The van der Waals surface area contributed by atoms with Gasteiger partial charge in [-0.1, -0.05) is 52.3 Å². The van der Waals surface area contributed by atoms with Gasteiger partial charge in [0.2, 0.25) is 0 Å². The van der Waals surface area contributed by atoms with E-state index in [1.54, 1.807) is 17.1 Å². The Balaban J connectivity index is 1.90. The smallest absolute Gasteiger partial charge is 0.253 e. The second-order valence-corrected chi connectivity index (χ2v) is 6.11. The van der Waals surface area contributed by atoms with Gasteiger partial charge < -0.3 is 5.32 Å². The number of rotatable bonds is 4. The largest absolute Gasteiger partial charge is 0.324 e. The number of halogens is 1. The van der Waals surface area contributed by atoms with Crippen LogP contribution in [0.4, 0.5) is 5.69 Å². The van der Waals surface area contributed by atoms with Crippen LogP contribution in [0.25, 0.3) is 0 Å². The molecule has 116 valence electrons. The van der Waals surface area contributed by atoms with Crippen molar-refractivity contribution in [2.75, 3.05) is 5.32 Å². The number of amides is 1. The average Bonchev–Trinajstić information content (AvgIpc) is 3.06. The Morgan fingerprint density at radius 1 is 1.17 bits per heavy atom. The predicted molar refractivity (Wildman–Crippen MR) is 94.3 cm³/mol. The summed E-state index contributed by atoms with van der Waals surface area (Å²) in [6, 6.07) is 16.7. The lowest BCUT2D eigenvalue weighted by molar-refractivity contribution is -0.118. The monoisotopic (exact) mass is 369 g/mol. The van der Waals surface area contributed by atoms with Crippen molar-refractivity contribution in [2.24, 2.45) is 0 Å². The van der Waals surface area contributed by atoms with E-state index in [1.807, 2.05) is 61.5 Å². The molecule has 1 aromatic heterocycles. The maximum atomic E-state index is 12.8. The Bertz CT molecular complexity index is 800. The van der Waals surface area contributed by atoms with Gasteiger partial charge >= 0.3 is 0 Å². The summed E-state index contributed by atoms with van der Waals surface area (Å²) in [5.41, 5.74) is 2.76. The molecule has 5 heteroatoms. The number of nitrogens with zero attached hydrogens (tertiary/aromatic N) is 2. The van der Waals surface area contributed by atoms with Crippen molar-refractivity contribution in [2.45, 2.75) is 13.0 Å². The highest BCUT2D eigenvalue weighted by Crippen LogP contribution is 2.23. The van der Waals surface area contributed by atoms with E-state index in [4.69, 9.17) is 0 Å². The minimum absolute atomic E-state index is 0.129. The van der Waals surface area contributed by atoms with E-state index in [2.05, 4.69) is 26.3 Å². The zero-order chi connectivity index (χ0) is 16.2. The zero-order valence-corrected chi connectivity index (χ0v) is 14.2. The third kappa shape index (κ3) is 3.51. The van der Waals surface area contributed by atoms with E-state index >= 15 is 0 Å². The Labute approximate surface area is 143 Å².